The molecule has 7 aliphatic rings. The monoisotopic (exact) mass is 2260 g/mol. The Kier molecular flexibility index (Phi) is 34.2. The standard InChI is InChI=1S/C71H96N19O38P7S7/c1-30-16-84(66(95)78-58(30)72)50-9-37(36(7)115-50)122-130(102,137)109-23-45-39(11-52(117-45)86-18-32(3)62(91)80-68(86)97)124-132(104,139)111-24-46-41(13-54(118-46)88-20-34(5)64(93)82-70(88)99)126-133(105,140)112-25-47-42(14-55(119-47)89-21-35(6)65(94)83-71(89)100)127-134(106,141)114-27-49-43(15-56(121-49)90-29-77-57-60(74)75-28-76-61(57)90)128-135(107,142)113-26-48-40(12-53(120-48)87-19-33(4)63(92)81-69(87)98)125-131(103,138)110-22-44-38(123-129(101,136)108-8)10-51(116-44)85-17-31(2)59(73)79-67(85)96/h16-21,28-29,36-56H,9-15,22-27H2,1-8H3,(H,101,136)(H,102,137)(H,103,138)(H,104,139)(H,105,140)(H,106,141)(H,107,142)(H2,72,78,95)(H2,73,79,96)(H2,74,75,76)(H,80,91,97)(H,81,92,98)(H,82,93,99)(H,83,94,100)/p-7/t36-,37?,38?,39?,40?,41?,42?,43?,44-,45-,46-,47-,48-,49-,50-,51-,52-,53-,54-,55-,56-,129?,130?,131?,132?,133?,134?,135?/m1/s1. The number of anilines is 3. The van der Waals surface area contributed by atoms with Gasteiger partial charge in [-0.1, -0.05) is 70.8 Å². The molecule has 7 saturated heterocycles. The third-order valence-electron chi connectivity index (χ3n) is 23.4. The largest absolute Gasteiger partial charge is 0.780 e. The summed E-state index contributed by atoms with van der Waals surface area (Å²) < 4.78 is 146. The molecule has 7 aliphatic heterocycles. The summed E-state index contributed by atoms with van der Waals surface area (Å²) in [5.74, 6) is -0.140. The second-order valence-corrected chi connectivity index (χ2v) is 52.4. The SMILES string of the molecule is COP([O-])(=S)OC1C[C@H](n2cc(C)c(N)nc2=O)O[C@@H]1COP([O-])(=S)OC1C[C@H](n2cc(C)c(=O)[nH]c2=O)O[C@@H]1COP([O-])(=S)OC1C[C@H](n2cnc3c(N)ncnc32)O[C@@H]1COP([O-])(=S)OC1C[C@H](n2cc(C)c(=O)[nH]c2=O)O[C@@H]1COP([O-])(=S)OC1C[C@H](n2cc(C)c(=O)[nH]c2=O)O[C@@H]1COP(=O)([S-])OC1C[C@H](n2cc(C)c(=O)[nH]c2=O)O[C@@H]1COP([O-])(=S)OC1C[C@H](n2cc(C)c(N)nc2=O)O[C@@H]1C. The van der Waals surface area contributed by atoms with Gasteiger partial charge in [-0.2, -0.15) is 9.97 Å². The van der Waals surface area contributed by atoms with Gasteiger partial charge in [0.25, 0.3) is 22.2 Å². The highest BCUT2D eigenvalue weighted by molar-refractivity contribution is 8.32. The van der Waals surface area contributed by atoms with Crippen molar-refractivity contribution < 1.29 is 130 Å². The topological polar surface area (TPSA) is 760 Å². The Labute approximate surface area is 834 Å². The fraction of sp³-hybridized carbons (Fsp3) is 0.592. The van der Waals surface area contributed by atoms with Gasteiger partial charge in [-0.25, -0.2) is 43.7 Å². The van der Waals surface area contributed by atoms with E-state index in [4.69, 9.17) is 197 Å². The number of rotatable bonds is 40. The Morgan fingerprint density at radius 1 is 0.366 bits per heavy atom. The summed E-state index contributed by atoms with van der Waals surface area (Å²) in [5, 5.41) is 0. The molecule has 28 atom stereocenters. The third kappa shape index (κ3) is 26.4. The quantitative estimate of drug-likeness (QED) is 0.0147. The minimum Gasteiger partial charge on any atom is -0.780 e. The van der Waals surface area contributed by atoms with Gasteiger partial charge in [-0.3, -0.25) is 75.6 Å². The average Bonchev–Trinajstić information content (AvgIpc) is 1.62. The molecule has 15 heterocycles. The van der Waals surface area contributed by atoms with Gasteiger partial charge >= 0.3 is 34.1 Å². The molecule has 8 aromatic rings. The molecule has 57 nitrogen and oxygen atoms in total. The molecule has 0 aromatic carbocycles. The Bertz CT molecular complexity index is 7160. The molecule has 0 amide bonds. The second-order valence-electron chi connectivity index (χ2n) is 33.3. The highest BCUT2D eigenvalue weighted by Crippen LogP contribution is 2.57. The molecule has 0 radical (unpaired) electrons. The minimum absolute atomic E-state index is 0.0000664. The number of nitrogens with one attached hydrogen (secondary N) is 4. The molecule has 0 aliphatic carbocycles. The lowest BCUT2D eigenvalue weighted by atomic mass is 10.2. The Hall–Kier alpha value is -6.17. The molecule has 142 heavy (non-hydrogen) atoms. The van der Waals surface area contributed by atoms with Crippen LogP contribution in [0.2, 0.25) is 0 Å². The summed E-state index contributed by atoms with van der Waals surface area (Å²) in [4.78, 5) is 245. The first-order valence-corrected chi connectivity index (χ1v) is 60.3. The number of nitrogens with zero attached hydrogens (tertiary/aromatic N) is 12. The molecule has 8 aromatic heterocycles. The maximum Gasteiger partial charge on any atom is 0.351 e. The maximum absolute atomic E-state index is 15.0. The van der Waals surface area contributed by atoms with Gasteiger partial charge in [-0.15, -0.1) is 0 Å². The molecule has 15 rings (SSSR count). The van der Waals surface area contributed by atoms with Crippen molar-refractivity contribution >= 4 is 159 Å². The number of hydrogen-bond acceptors (Lipinski definition) is 53. The van der Waals surface area contributed by atoms with E-state index in [0.717, 1.165) is 61.1 Å². The van der Waals surface area contributed by atoms with Crippen molar-refractivity contribution in [2.75, 3.05) is 64.0 Å². The number of aryl methyl sites for hydroxylation is 6. The van der Waals surface area contributed by atoms with Gasteiger partial charge in [-0.05, 0) is 48.5 Å². The molecule has 0 bridgehead atoms. The number of nitrogens with two attached hydrogens (primary N) is 3. The summed E-state index contributed by atoms with van der Waals surface area (Å²) in [7, 11) is 1.02. The summed E-state index contributed by atoms with van der Waals surface area (Å²) in [6, 6.07) is 0. The molecule has 7 fully saturated rings. The molecular weight excluding hydrogens is 2170 g/mol. The number of aromatic amines is 4. The fourth-order valence-corrected chi connectivity index (χ4v) is 25.9. The number of nitrogen functional groups attached to an aromatic ring is 3. The minimum atomic E-state index is -5.07. The van der Waals surface area contributed by atoms with Crippen molar-refractivity contribution in [2.24, 2.45) is 0 Å². The molecule has 0 saturated carbocycles. The maximum atomic E-state index is 15.0. The third-order valence-corrected chi connectivity index (χ3v) is 34.5. The van der Waals surface area contributed by atoms with Crippen LogP contribution in [-0.4, -0.2) is 209 Å². The van der Waals surface area contributed by atoms with Crippen molar-refractivity contribution in [3.05, 3.63) is 188 Å². The molecule has 0 spiro atoms. The van der Waals surface area contributed by atoms with Crippen LogP contribution in [0.25, 0.3) is 11.2 Å². The summed E-state index contributed by atoms with van der Waals surface area (Å²) in [5.41, 5.74) is 10.3. The van der Waals surface area contributed by atoms with Crippen LogP contribution in [0.4, 0.5) is 17.5 Å². The second kappa shape index (κ2) is 44.2. The van der Waals surface area contributed by atoms with Gasteiger partial charge in [0.05, 0.1) is 94.8 Å². The summed E-state index contributed by atoms with van der Waals surface area (Å²) in [6.45, 7) is -28.8. The van der Waals surface area contributed by atoms with E-state index in [2.05, 4.69) is 44.9 Å². The zero-order valence-corrected chi connectivity index (χ0v) is 87.0. The van der Waals surface area contributed by atoms with Crippen LogP contribution in [-0.2, 0) is 184 Å². The smallest absolute Gasteiger partial charge is 0.351 e. The van der Waals surface area contributed by atoms with E-state index in [1.54, 1.807) is 20.8 Å². The Morgan fingerprint density at radius 3 is 0.944 bits per heavy atom. The number of fused-ring (bicyclic) bond motifs is 1. The number of imidazole rings is 1. The van der Waals surface area contributed by atoms with Crippen LogP contribution < -0.4 is 103 Å². The fourth-order valence-electron chi connectivity index (χ4n) is 16.1. The number of H-pyrrole nitrogens is 4. The van der Waals surface area contributed by atoms with Crippen molar-refractivity contribution in [2.45, 2.75) is 222 Å². The van der Waals surface area contributed by atoms with Gasteiger partial charge in [0.15, 0.2) is 18.3 Å². The lowest BCUT2D eigenvalue weighted by Crippen LogP contribution is -2.34. The van der Waals surface area contributed by atoms with E-state index >= 15 is 0 Å². The van der Waals surface area contributed by atoms with E-state index in [-0.39, 0.29) is 70.1 Å². The molecule has 71 heteroatoms. The van der Waals surface area contributed by atoms with Crippen molar-refractivity contribution in [1.82, 2.24) is 76.8 Å². The molecule has 10 N–H and O–H groups in total. The summed E-state index contributed by atoms with van der Waals surface area (Å²) >= 11 is 37.7. The number of aromatic nitrogens is 16. The van der Waals surface area contributed by atoms with Crippen molar-refractivity contribution in [3.63, 3.8) is 0 Å². The van der Waals surface area contributed by atoms with Crippen LogP contribution in [0.1, 0.15) is 129 Å². The zero-order valence-electron chi connectivity index (χ0n) is 75.0. The van der Waals surface area contributed by atoms with Crippen LogP contribution >= 0.6 is 47.1 Å². The molecule has 14 unspecified atom stereocenters. The first-order valence-electron chi connectivity index (χ1n) is 42.4. The highest BCUT2D eigenvalue weighted by Gasteiger charge is 2.49. The Balaban J connectivity index is 0.635. The predicted molar refractivity (Wildman–Crippen MR) is 502 cm³/mol. The summed E-state index contributed by atoms with van der Waals surface area (Å²) in [6.07, 6.45) is -22.2. The van der Waals surface area contributed by atoms with E-state index in [1.165, 1.54) is 55.6 Å². The number of ether oxygens (including phenoxy) is 7. The lowest BCUT2D eigenvalue weighted by molar-refractivity contribution is -0.221. The first kappa shape index (κ1) is 110. The van der Waals surface area contributed by atoms with Gasteiger partial charge in [0.1, 0.15) is 144 Å². The predicted octanol–water partition coefficient (Wildman–Crippen LogP) is -3.22. The van der Waals surface area contributed by atoms with Crippen molar-refractivity contribution in [1.29, 1.82) is 0 Å². The van der Waals surface area contributed by atoms with E-state index < -0.39 is 298 Å². The van der Waals surface area contributed by atoms with E-state index in [9.17, 15) is 81.9 Å². The lowest BCUT2D eigenvalue weighted by Gasteiger charge is -2.36. The number of hydrogen-bond donors (Lipinski definition) is 7. The van der Waals surface area contributed by atoms with Crippen LogP contribution in [0.5, 0.6) is 0 Å². The Morgan fingerprint density at radius 2 is 0.627 bits per heavy atom. The van der Waals surface area contributed by atoms with Crippen LogP contribution in [0.3, 0.4) is 0 Å². The average molecular weight is 2260 g/mol. The van der Waals surface area contributed by atoms with Crippen molar-refractivity contribution in [3.8, 4) is 0 Å². The molecular formula is C71H89N19O38P7S7-7. The van der Waals surface area contributed by atoms with Gasteiger partial charge in [0.2, 0.25) is 0 Å². The van der Waals surface area contributed by atoms with Crippen LogP contribution in [0, 0.1) is 41.5 Å². The zero-order chi connectivity index (χ0) is 103. The van der Waals surface area contributed by atoms with E-state index in [1.807, 2.05) is 0 Å². The normalized spacial score (nSPS) is 29.9. The van der Waals surface area contributed by atoms with Crippen LogP contribution in [0.15, 0.2) is 97.8 Å². The van der Waals surface area contributed by atoms with E-state index in [0.29, 0.717) is 11.1 Å². The first-order chi connectivity index (χ1) is 66.5. The molecule has 780 valence electrons. The van der Waals surface area contributed by atoms with Gasteiger partial charge in [0, 0.05) is 123 Å². The van der Waals surface area contributed by atoms with Gasteiger partial charge < -0.3 is 155 Å². The highest BCUT2D eigenvalue weighted by atomic mass is 32.7.